The van der Waals surface area contributed by atoms with E-state index in [0.717, 1.165) is 47.3 Å². The molecule has 0 radical (unpaired) electrons. The van der Waals surface area contributed by atoms with E-state index in [4.69, 9.17) is 11.6 Å². The van der Waals surface area contributed by atoms with Gasteiger partial charge in [0.2, 0.25) is 0 Å². The molecule has 0 saturated carbocycles. The van der Waals surface area contributed by atoms with E-state index >= 15 is 0 Å². The summed E-state index contributed by atoms with van der Waals surface area (Å²) in [5, 5.41) is 9.04. The van der Waals surface area contributed by atoms with Crippen molar-refractivity contribution in [3.63, 3.8) is 0 Å². The number of carbonyl (C=O) groups is 1. The highest BCUT2D eigenvalue weighted by Crippen LogP contribution is 2.30. The molecule has 0 spiro atoms. The summed E-state index contributed by atoms with van der Waals surface area (Å²) in [5.41, 5.74) is 3.84. The van der Waals surface area contributed by atoms with Crippen molar-refractivity contribution in [1.82, 2.24) is 15.1 Å². The highest BCUT2D eigenvalue weighted by Gasteiger charge is 2.29. The van der Waals surface area contributed by atoms with Gasteiger partial charge in [-0.05, 0) is 80.3 Å². The largest absolute Gasteiger partial charge is 0.355 e. The van der Waals surface area contributed by atoms with Gasteiger partial charge in [0.25, 0.3) is 5.91 Å². The van der Waals surface area contributed by atoms with Crippen LogP contribution in [0.2, 0.25) is 5.02 Å². The fourth-order valence-electron chi connectivity index (χ4n) is 4.50. The van der Waals surface area contributed by atoms with Gasteiger partial charge in [-0.2, -0.15) is 0 Å². The van der Waals surface area contributed by atoms with E-state index in [1.807, 2.05) is 13.8 Å². The summed E-state index contributed by atoms with van der Waals surface area (Å²) in [4.78, 5) is 17.0. The molecule has 190 valence electrons. The van der Waals surface area contributed by atoms with Crippen molar-refractivity contribution in [2.45, 2.75) is 37.6 Å². The number of benzene rings is 2. The molecule has 1 amide bonds. The lowest BCUT2D eigenvalue weighted by Gasteiger charge is -2.38. The van der Waals surface area contributed by atoms with Crippen molar-refractivity contribution in [3.8, 4) is 11.3 Å². The molecular formula is C26H28ClFN4O3S. The molecule has 1 saturated heterocycles. The zero-order chi connectivity index (χ0) is 26.2. The van der Waals surface area contributed by atoms with Gasteiger partial charge in [0.15, 0.2) is 15.7 Å². The lowest BCUT2D eigenvalue weighted by molar-refractivity contribution is 0.0709. The number of halogens is 2. The van der Waals surface area contributed by atoms with Crippen LogP contribution >= 0.6 is 11.6 Å². The zero-order valence-corrected chi connectivity index (χ0v) is 22.2. The van der Waals surface area contributed by atoms with Crippen LogP contribution in [0.1, 0.15) is 34.3 Å². The first-order valence-electron chi connectivity index (χ1n) is 11.6. The number of carbonyl (C=O) groups excluding carboxylic acids is 1. The molecule has 0 unspecified atom stereocenters. The second-order valence-corrected chi connectivity index (χ2v) is 11.6. The van der Waals surface area contributed by atoms with Gasteiger partial charge in [-0.15, -0.1) is 10.2 Å². The lowest BCUT2D eigenvalue weighted by atomic mass is 10.0. The number of hydrogen-bond acceptors (Lipinski definition) is 6. The zero-order valence-electron chi connectivity index (χ0n) is 20.6. The van der Waals surface area contributed by atoms with Gasteiger partial charge in [-0.1, -0.05) is 11.6 Å². The van der Waals surface area contributed by atoms with Gasteiger partial charge in [-0.25, -0.2) is 12.8 Å². The van der Waals surface area contributed by atoms with Crippen LogP contribution in [0.4, 0.5) is 10.2 Å². The van der Waals surface area contributed by atoms with E-state index in [1.54, 1.807) is 24.1 Å². The second-order valence-electron chi connectivity index (χ2n) is 9.18. The Bertz CT molecular complexity index is 1410. The van der Waals surface area contributed by atoms with Crippen molar-refractivity contribution in [3.05, 3.63) is 70.0 Å². The Balaban J connectivity index is 1.45. The molecule has 0 aliphatic carbocycles. The molecule has 1 aliphatic heterocycles. The Labute approximate surface area is 215 Å². The number of sulfone groups is 1. The minimum atomic E-state index is -3.41. The summed E-state index contributed by atoms with van der Waals surface area (Å²) in [6.07, 6.45) is 2.58. The Morgan fingerprint density at radius 3 is 2.28 bits per heavy atom. The van der Waals surface area contributed by atoms with Crippen LogP contribution in [0.3, 0.4) is 0 Å². The third kappa shape index (κ3) is 5.22. The van der Waals surface area contributed by atoms with Gasteiger partial charge < -0.3 is 9.80 Å². The summed E-state index contributed by atoms with van der Waals surface area (Å²) in [5.74, 6) is 0.274. The van der Waals surface area contributed by atoms with Crippen molar-refractivity contribution in [1.29, 1.82) is 0 Å². The molecule has 3 aromatic rings. The van der Waals surface area contributed by atoms with Gasteiger partial charge >= 0.3 is 0 Å². The van der Waals surface area contributed by atoms with Crippen LogP contribution in [0.15, 0.2) is 47.4 Å². The Kier molecular flexibility index (Phi) is 7.33. The molecule has 0 atom stereocenters. The third-order valence-corrected chi connectivity index (χ3v) is 8.27. The van der Waals surface area contributed by atoms with Crippen molar-refractivity contribution in [2.75, 3.05) is 31.3 Å². The molecule has 0 N–H and O–H groups in total. The number of anilines is 1. The van der Waals surface area contributed by atoms with Crippen LogP contribution in [0.5, 0.6) is 0 Å². The topological polar surface area (TPSA) is 83.5 Å². The maximum Gasteiger partial charge on any atom is 0.255 e. The molecule has 36 heavy (non-hydrogen) atoms. The summed E-state index contributed by atoms with van der Waals surface area (Å²) < 4.78 is 36.8. The molecule has 1 aromatic heterocycles. The quantitative estimate of drug-likeness (QED) is 0.475. The van der Waals surface area contributed by atoms with Crippen molar-refractivity contribution in [2.24, 2.45) is 0 Å². The normalized spacial score (nSPS) is 14.7. The highest BCUT2D eigenvalue weighted by molar-refractivity contribution is 7.90. The summed E-state index contributed by atoms with van der Waals surface area (Å²) in [6.45, 7) is 5.41. The molecule has 1 aliphatic rings. The van der Waals surface area contributed by atoms with Crippen LogP contribution in [0, 0.1) is 19.7 Å². The molecule has 4 rings (SSSR count). The number of amides is 1. The summed E-state index contributed by atoms with van der Waals surface area (Å²) in [7, 11) is -1.66. The van der Waals surface area contributed by atoms with E-state index in [-0.39, 0.29) is 33.2 Å². The first kappa shape index (κ1) is 26.0. The average molecular weight is 531 g/mol. The van der Waals surface area contributed by atoms with Crippen molar-refractivity contribution < 1.29 is 17.6 Å². The molecule has 7 nitrogen and oxygen atoms in total. The minimum absolute atomic E-state index is 0.00671. The van der Waals surface area contributed by atoms with Crippen molar-refractivity contribution >= 4 is 33.2 Å². The molecule has 0 bridgehead atoms. The SMILES string of the molecule is Cc1c(-c2ccc(F)cc2)nnc(N2CCC(N(C)C(=O)c3ccc(S(C)(=O)=O)cc3Cl)CC2)c1C. The first-order valence-corrected chi connectivity index (χ1v) is 13.9. The summed E-state index contributed by atoms with van der Waals surface area (Å²) in [6, 6.07) is 10.4. The van der Waals surface area contributed by atoms with Crippen LogP contribution in [-0.4, -0.2) is 61.9 Å². The standard InChI is InChI=1S/C26H28ClFN4O3S/c1-16-17(2)25(30-29-24(16)18-5-7-19(28)8-6-18)32-13-11-20(12-14-32)31(3)26(33)22-10-9-21(15-23(22)27)36(4,34)35/h5-10,15,20H,11-14H2,1-4H3. The smallest absolute Gasteiger partial charge is 0.255 e. The van der Waals surface area contributed by atoms with E-state index < -0.39 is 9.84 Å². The van der Waals surface area contributed by atoms with E-state index in [9.17, 15) is 17.6 Å². The van der Waals surface area contributed by atoms with Gasteiger partial charge in [-0.3, -0.25) is 4.79 Å². The molecule has 10 heteroatoms. The monoisotopic (exact) mass is 530 g/mol. The third-order valence-electron chi connectivity index (χ3n) is 6.85. The number of hydrogen-bond donors (Lipinski definition) is 0. The number of aromatic nitrogens is 2. The fourth-order valence-corrected chi connectivity index (χ4v) is 5.47. The second kappa shape index (κ2) is 10.1. The first-order chi connectivity index (χ1) is 17.0. The number of rotatable bonds is 5. The highest BCUT2D eigenvalue weighted by atomic mass is 35.5. The Morgan fingerprint density at radius 2 is 1.69 bits per heavy atom. The molecular weight excluding hydrogens is 503 g/mol. The van der Waals surface area contributed by atoms with Crippen LogP contribution < -0.4 is 4.90 Å². The average Bonchev–Trinajstić information content (AvgIpc) is 2.85. The van der Waals surface area contributed by atoms with Gasteiger partial charge in [0.05, 0.1) is 21.2 Å². The van der Waals surface area contributed by atoms with E-state index in [1.165, 1.54) is 30.3 Å². The van der Waals surface area contributed by atoms with E-state index in [0.29, 0.717) is 13.1 Å². The van der Waals surface area contributed by atoms with Gasteiger partial charge in [0, 0.05) is 38.0 Å². The fraction of sp³-hybridized carbons (Fsp3) is 0.346. The molecule has 1 fully saturated rings. The predicted molar refractivity (Wildman–Crippen MR) is 139 cm³/mol. The van der Waals surface area contributed by atoms with E-state index in [2.05, 4.69) is 15.1 Å². The number of nitrogens with zero attached hydrogens (tertiary/aromatic N) is 4. The maximum atomic E-state index is 13.3. The minimum Gasteiger partial charge on any atom is -0.355 e. The molecule has 2 aromatic carbocycles. The molecule has 2 heterocycles. The maximum absolute atomic E-state index is 13.3. The number of piperidine rings is 1. The van der Waals surface area contributed by atoms with Crippen LogP contribution in [0.25, 0.3) is 11.3 Å². The Morgan fingerprint density at radius 1 is 1.06 bits per heavy atom. The predicted octanol–water partition coefficient (Wildman–Crippen LogP) is 4.70. The van der Waals surface area contributed by atoms with Gasteiger partial charge in [0.1, 0.15) is 5.82 Å². The Hall–Kier alpha value is -3.04. The van der Waals surface area contributed by atoms with Crippen LogP contribution in [-0.2, 0) is 9.84 Å². The summed E-state index contributed by atoms with van der Waals surface area (Å²) >= 11 is 6.26. The lowest BCUT2D eigenvalue weighted by Crippen LogP contribution is -2.46.